The van der Waals surface area contributed by atoms with E-state index in [1.807, 2.05) is 6.07 Å². The predicted molar refractivity (Wildman–Crippen MR) is 85.9 cm³/mol. The molecule has 22 heavy (non-hydrogen) atoms. The molecule has 7 heteroatoms. The van der Waals surface area contributed by atoms with E-state index in [1.54, 1.807) is 51.7 Å². The second-order valence-electron chi connectivity index (χ2n) is 4.34. The van der Waals surface area contributed by atoms with Gasteiger partial charge in [0.25, 0.3) is 11.3 Å². The summed E-state index contributed by atoms with van der Waals surface area (Å²) in [5.74, 6) is 1.78. The highest BCUT2D eigenvalue weighted by Gasteiger charge is 2.15. The lowest BCUT2D eigenvalue weighted by Crippen LogP contribution is -2.02. The summed E-state index contributed by atoms with van der Waals surface area (Å²) in [7, 11) is 4.68. The summed E-state index contributed by atoms with van der Waals surface area (Å²) in [5.41, 5.74) is 2.03. The maximum absolute atomic E-state index is 10.9. The first-order valence-corrected chi connectivity index (χ1v) is 7.47. The van der Waals surface area contributed by atoms with Gasteiger partial charge in [-0.05, 0) is 17.7 Å². The molecule has 2 aromatic rings. The number of benzene rings is 2. The molecule has 0 spiro atoms. The van der Waals surface area contributed by atoms with Crippen LogP contribution in [-0.4, -0.2) is 30.1 Å². The number of rotatable bonds is 6. The summed E-state index contributed by atoms with van der Waals surface area (Å²) in [6, 6.07) is 10.6. The molecule has 2 N–H and O–H groups in total. The first-order valence-electron chi connectivity index (χ1n) is 6.37. The van der Waals surface area contributed by atoms with Gasteiger partial charge in [-0.2, -0.15) is 0 Å². The van der Waals surface area contributed by atoms with E-state index in [-0.39, 0.29) is 0 Å². The second kappa shape index (κ2) is 7.15. The fraction of sp³-hybridized carbons (Fsp3) is 0.200. The number of ether oxygens (including phenoxy) is 3. The second-order valence-corrected chi connectivity index (χ2v) is 5.04. The Morgan fingerprint density at radius 3 is 2.14 bits per heavy atom. The van der Waals surface area contributed by atoms with Crippen molar-refractivity contribution in [2.45, 2.75) is 0 Å². The maximum Gasteiger partial charge on any atom is 0.259 e. The summed E-state index contributed by atoms with van der Waals surface area (Å²) in [5, 5.41) is 0. The monoisotopic (exact) mass is 323 g/mol. The molecule has 0 aliphatic heterocycles. The zero-order chi connectivity index (χ0) is 16.1. The number of hydrogen-bond donors (Lipinski definition) is 2. The zero-order valence-electron chi connectivity index (χ0n) is 12.5. The molecular formula is C15H17NO5S. The van der Waals surface area contributed by atoms with E-state index in [0.717, 1.165) is 11.1 Å². The number of anilines is 1. The summed E-state index contributed by atoms with van der Waals surface area (Å²) in [4.78, 5) is 0. The van der Waals surface area contributed by atoms with Crippen LogP contribution in [0.5, 0.6) is 17.2 Å². The van der Waals surface area contributed by atoms with Gasteiger partial charge in [0.1, 0.15) is 17.2 Å². The van der Waals surface area contributed by atoms with E-state index in [1.165, 1.54) is 0 Å². The van der Waals surface area contributed by atoms with Crippen molar-refractivity contribution in [1.29, 1.82) is 0 Å². The summed E-state index contributed by atoms with van der Waals surface area (Å²) in [6.45, 7) is 0. The highest BCUT2D eigenvalue weighted by molar-refractivity contribution is 7.80. The van der Waals surface area contributed by atoms with E-state index in [9.17, 15) is 4.21 Å². The van der Waals surface area contributed by atoms with Crippen LogP contribution in [0.3, 0.4) is 0 Å². The van der Waals surface area contributed by atoms with Crippen LogP contribution in [-0.2, 0) is 11.3 Å². The third kappa shape index (κ3) is 3.49. The Hall–Kier alpha value is -2.25. The van der Waals surface area contributed by atoms with Gasteiger partial charge in [-0.3, -0.25) is 9.27 Å². The van der Waals surface area contributed by atoms with E-state index in [0.29, 0.717) is 22.9 Å². The fourth-order valence-corrected chi connectivity index (χ4v) is 2.46. The molecule has 0 fully saturated rings. The molecule has 118 valence electrons. The molecule has 2 rings (SSSR count). The van der Waals surface area contributed by atoms with Crippen molar-refractivity contribution in [3.8, 4) is 28.4 Å². The van der Waals surface area contributed by atoms with E-state index >= 15 is 0 Å². The van der Waals surface area contributed by atoms with Gasteiger partial charge in [0.2, 0.25) is 0 Å². The Morgan fingerprint density at radius 1 is 1.00 bits per heavy atom. The molecule has 0 aliphatic carbocycles. The Morgan fingerprint density at radius 2 is 1.64 bits per heavy atom. The van der Waals surface area contributed by atoms with E-state index in [2.05, 4.69) is 4.72 Å². The smallest absolute Gasteiger partial charge is 0.259 e. The molecular weight excluding hydrogens is 306 g/mol. The summed E-state index contributed by atoms with van der Waals surface area (Å²) < 4.78 is 38.3. The highest BCUT2D eigenvalue weighted by Crippen LogP contribution is 2.42. The molecule has 0 bridgehead atoms. The summed E-state index contributed by atoms with van der Waals surface area (Å²) >= 11 is -2.13. The van der Waals surface area contributed by atoms with E-state index < -0.39 is 11.3 Å². The first kappa shape index (κ1) is 16.1. The maximum atomic E-state index is 10.9. The lowest BCUT2D eigenvalue weighted by atomic mass is 10.0. The lowest BCUT2D eigenvalue weighted by molar-refractivity contribution is 0.377. The predicted octanol–water partition coefficient (Wildman–Crippen LogP) is 2.93. The SMILES string of the molecule is COc1cc(OC)c(-c2cccc(NS(=O)O)c2)c(OC)c1. The largest absolute Gasteiger partial charge is 0.496 e. The molecule has 0 saturated carbocycles. The van der Waals surface area contributed by atoms with Crippen LogP contribution in [0.1, 0.15) is 0 Å². The third-order valence-corrected chi connectivity index (χ3v) is 3.48. The number of nitrogens with one attached hydrogen (secondary N) is 1. The number of hydrogen-bond acceptors (Lipinski definition) is 4. The Labute approximate surface area is 131 Å². The Balaban J connectivity index is 2.58. The van der Waals surface area contributed by atoms with Gasteiger partial charge in [-0.25, -0.2) is 4.21 Å². The van der Waals surface area contributed by atoms with Crippen molar-refractivity contribution in [1.82, 2.24) is 0 Å². The van der Waals surface area contributed by atoms with Gasteiger partial charge in [0, 0.05) is 17.8 Å². The van der Waals surface area contributed by atoms with Crippen molar-refractivity contribution >= 4 is 17.0 Å². The zero-order valence-corrected chi connectivity index (χ0v) is 13.3. The van der Waals surface area contributed by atoms with Crippen LogP contribution < -0.4 is 18.9 Å². The minimum atomic E-state index is -2.13. The Kier molecular flexibility index (Phi) is 5.24. The molecule has 0 aromatic heterocycles. The normalized spacial score (nSPS) is 11.6. The summed E-state index contributed by atoms with van der Waals surface area (Å²) in [6.07, 6.45) is 0. The molecule has 0 aliphatic rings. The van der Waals surface area contributed by atoms with Crippen LogP contribution in [0, 0.1) is 0 Å². The third-order valence-electron chi connectivity index (χ3n) is 3.07. The first-order chi connectivity index (χ1) is 10.6. The van der Waals surface area contributed by atoms with Crippen LogP contribution in [0.15, 0.2) is 36.4 Å². The van der Waals surface area contributed by atoms with Gasteiger partial charge in [-0.1, -0.05) is 12.1 Å². The quantitative estimate of drug-likeness (QED) is 0.799. The van der Waals surface area contributed by atoms with Gasteiger partial charge < -0.3 is 14.2 Å². The van der Waals surface area contributed by atoms with Crippen molar-refractivity contribution in [3.05, 3.63) is 36.4 Å². The molecule has 0 radical (unpaired) electrons. The van der Waals surface area contributed by atoms with Gasteiger partial charge in [-0.15, -0.1) is 0 Å². The van der Waals surface area contributed by atoms with Crippen LogP contribution in [0.4, 0.5) is 5.69 Å². The molecule has 1 atom stereocenters. The minimum absolute atomic E-state index is 0.512. The molecule has 2 aromatic carbocycles. The van der Waals surface area contributed by atoms with Crippen molar-refractivity contribution in [3.63, 3.8) is 0 Å². The molecule has 6 nitrogen and oxygen atoms in total. The lowest BCUT2D eigenvalue weighted by Gasteiger charge is -2.16. The molecule has 1 unspecified atom stereocenters. The number of methoxy groups -OCH3 is 3. The molecule has 0 heterocycles. The van der Waals surface area contributed by atoms with Crippen LogP contribution >= 0.6 is 0 Å². The van der Waals surface area contributed by atoms with E-state index in [4.69, 9.17) is 18.8 Å². The topological polar surface area (TPSA) is 77.0 Å². The molecule has 0 amide bonds. The highest BCUT2D eigenvalue weighted by atomic mass is 32.2. The standard InChI is InChI=1S/C15H17NO5S/c1-19-12-8-13(20-2)15(14(9-12)21-3)10-5-4-6-11(7-10)16-22(17)18/h4-9,16H,1-3H3,(H,17,18). The van der Waals surface area contributed by atoms with Crippen molar-refractivity contribution < 1.29 is 23.0 Å². The van der Waals surface area contributed by atoms with Gasteiger partial charge >= 0.3 is 0 Å². The van der Waals surface area contributed by atoms with Gasteiger partial charge in [0.05, 0.1) is 26.9 Å². The minimum Gasteiger partial charge on any atom is -0.496 e. The average Bonchev–Trinajstić information content (AvgIpc) is 2.53. The average molecular weight is 323 g/mol. The Bertz CT molecular complexity index is 664. The van der Waals surface area contributed by atoms with Crippen LogP contribution in [0.25, 0.3) is 11.1 Å². The fourth-order valence-electron chi connectivity index (χ4n) is 2.13. The van der Waals surface area contributed by atoms with Crippen molar-refractivity contribution in [2.75, 3.05) is 26.1 Å². The van der Waals surface area contributed by atoms with Gasteiger partial charge in [0.15, 0.2) is 0 Å². The van der Waals surface area contributed by atoms with Crippen molar-refractivity contribution in [2.24, 2.45) is 0 Å². The molecule has 0 saturated heterocycles. The van der Waals surface area contributed by atoms with Crippen LogP contribution in [0.2, 0.25) is 0 Å².